The van der Waals surface area contributed by atoms with Crippen LogP contribution in [0.3, 0.4) is 0 Å². The summed E-state index contributed by atoms with van der Waals surface area (Å²) in [6, 6.07) is 19.1. The number of amides is 2. The number of fused-ring (bicyclic) bond motifs is 1. The summed E-state index contributed by atoms with van der Waals surface area (Å²) >= 11 is 0. The maximum absolute atomic E-state index is 13.6. The molecule has 37 heavy (non-hydrogen) atoms. The van der Waals surface area contributed by atoms with E-state index in [0.29, 0.717) is 25.1 Å². The Labute approximate surface area is 218 Å². The molecule has 7 nitrogen and oxygen atoms in total. The van der Waals surface area contributed by atoms with Gasteiger partial charge in [0.1, 0.15) is 11.7 Å². The van der Waals surface area contributed by atoms with Crippen molar-refractivity contribution in [1.82, 2.24) is 14.8 Å². The van der Waals surface area contributed by atoms with Crippen molar-refractivity contribution < 1.29 is 19.4 Å². The monoisotopic (exact) mass is 501 g/mol. The van der Waals surface area contributed by atoms with Crippen molar-refractivity contribution in [3.63, 3.8) is 0 Å². The maximum Gasteiger partial charge on any atom is 0.259 e. The average Bonchev–Trinajstić information content (AvgIpc) is 2.91. The molecule has 0 unspecified atom stereocenters. The fourth-order valence-electron chi connectivity index (χ4n) is 4.50. The third-order valence-corrected chi connectivity index (χ3v) is 6.98. The number of rotatable bonds is 7. The number of benzene rings is 2. The van der Waals surface area contributed by atoms with Gasteiger partial charge in [0.25, 0.3) is 5.91 Å². The Morgan fingerprint density at radius 2 is 1.86 bits per heavy atom. The molecule has 1 aliphatic heterocycles. The van der Waals surface area contributed by atoms with Crippen molar-refractivity contribution in [1.29, 1.82) is 0 Å². The van der Waals surface area contributed by atoms with Crippen LogP contribution in [0.15, 0.2) is 66.9 Å². The van der Waals surface area contributed by atoms with E-state index in [4.69, 9.17) is 4.74 Å². The molecule has 0 fully saturated rings. The van der Waals surface area contributed by atoms with Crippen LogP contribution in [0.2, 0.25) is 0 Å². The van der Waals surface area contributed by atoms with E-state index in [2.05, 4.69) is 4.98 Å². The third-order valence-electron chi connectivity index (χ3n) is 6.98. The zero-order valence-electron chi connectivity index (χ0n) is 21.9. The van der Waals surface area contributed by atoms with Gasteiger partial charge in [-0.25, -0.2) is 4.98 Å². The molecule has 3 atom stereocenters. The molecule has 2 aromatic carbocycles. The molecule has 1 N–H and O–H groups in total. The zero-order chi connectivity index (χ0) is 26.5. The number of ether oxygens (including phenoxy) is 1. The number of aliphatic hydroxyl groups excluding tert-OH is 1. The summed E-state index contributed by atoms with van der Waals surface area (Å²) in [7, 11) is 1.77. The van der Waals surface area contributed by atoms with Crippen molar-refractivity contribution in [2.45, 2.75) is 39.3 Å². The minimum absolute atomic E-state index is 0.0105. The summed E-state index contributed by atoms with van der Waals surface area (Å²) in [6.45, 7) is 6.44. The van der Waals surface area contributed by atoms with Crippen LogP contribution in [0, 0.1) is 12.8 Å². The molecule has 1 aliphatic rings. The molecular weight excluding hydrogens is 466 g/mol. The minimum atomic E-state index is -0.386. The molecule has 7 heteroatoms. The highest BCUT2D eigenvalue weighted by Crippen LogP contribution is 2.30. The van der Waals surface area contributed by atoms with Crippen LogP contribution in [0.5, 0.6) is 5.88 Å². The summed E-state index contributed by atoms with van der Waals surface area (Å²) in [5.74, 6) is -0.0893. The second-order valence-corrected chi connectivity index (χ2v) is 10.0. The summed E-state index contributed by atoms with van der Waals surface area (Å²) in [5, 5.41) is 9.89. The highest BCUT2D eigenvalue weighted by molar-refractivity contribution is 5.98. The van der Waals surface area contributed by atoms with Crippen LogP contribution < -0.4 is 4.74 Å². The van der Waals surface area contributed by atoms with Gasteiger partial charge in [0, 0.05) is 31.3 Å². The number of aryl methyl sites for hydroxylation is 1. The van der Waals surface area contributed by atoms with Crippen molar-refractivity contribution in [3.8, 4) is 17.0 Å². The Bertz CT molecular complexity index is 1230. The smallest absolute Gasteiger partial charge is 0.259 e. The lowest BCUT2D eigenvalue weighted by Crippen LogP contribution is -2.50. The van der Waals surface area contributed by atoms with Gasteiger partial charge >= 0.3 is 0 Å². The van der Waals surface area contributed by atoms with Crippen LogP contribution >= 0.6 is 0 Å². The van der Waals surface area contributed by atoms with E-state index in [1.165, 1.54) is 0 Å². The molecule has 1 aromatic heterocycles. The van der Waals surface area contributed by atoms with Gasteiger partial charge in [-0.15, -0.1) is 0 Å². The SMILES string of the molecule is Cc1ccc(-c2cnc3c(c2)C(=O)N([C@@H](C)CO)C[C@H](C)[C@H](CN(C)C(=O)Cc2ccccc2)O3)cc1. The lowest BCUT2D eigenvalue weighted by atomic mass is 9.98. The van der Waals surface area contributed by atoms with Crippen LogP contribution in [0.1, 0.15) is 35.3 Å². The number of aromatic nitrogens is 1. The zero-order valence-corrected chi connectivity index (χ0v) is 21.9. The molecule has 0 saturated carbocycles. The normalized spacial score (nSPS) is 18.3. The largest absolute Gasteiger partial charge is 0.472 e. The predicted molar refractivity (Wildman–Crippen MR) is 143 cm³/mol. The lowest BCUT2D eigenvalue weighted by molar-refractivity contribution is -0.130. The maximum atomic E-state index is 13.6. The Hall–Kier alpha value is -3.71. The predicted octanol–water partition coefficient (Wildman–Crippen LogP) is 3.98. The van der Waals surface area contributed by atoms with Crippen LogP contribution in [0.25, 0.3) is 11.1 Å². The van der Waals surface area contributed by atoms with Crippen molar-refractivity contribution in [2.24, 2.45) is 5.92 Å². The summed E-state index contributed by atoms with van der Waals surface area (Å²) in [6.07, 6.45) is 1.63. The molecule has 194 valence electrons. The first-order chi connectivity index (χ1) is 17.8. The van der Waals surface area contributed by atoms with Gasteiger partial charge in [0.05, 0.1) is 25.6 Å². The van der Waals surface area contributed by atoms with E-state index in [0.717, 1.165) is 22.3 Å². The van der Waals surface area contributed by atoms with Crippen LogP contribution in [0.4, 0.5) is 0 Å². The number of hydrogen-bond donors (Lipinski definition) is 1. The number of carbonyl (C=O) groups is 2. The van der Waals surface area contributed by atoms with E-state index in [1.807, 2.05) is 81.4 Å². The minimum Gasteiger partial charge on any atom is -0.472 e. The summed E-state index contributed by atoms with van der Waals surface area (Å²) in [5.41, 5.74) is 4.22. The van der Waals surface area contributed by atoms with Crippen LogP contribution in [-0.2, 0) is 11.2 Å². The van der Waals surface area contributed by atoms with Crippen LogP contribution in [-0.4, -0.2) is 70.6 Å². The molecular formula is C30H35N3O4. The molecule has 0 aliphatic carbocycles. The molecule has 0 bridgehead atoms. The number of aliphatic hydroxyl groups is 1. The average molecular weight is 502 g/mol. The van der Waals surface area contributed by atoms with E-state index >= 15 is 0 Å². The molecule has 3 aromatic rings. The van der Waals surface area contributed by atoms with Gasteiger partial charge in [0.2, 0.25) is 11.8 Å². The van der Waals surface area contributed by atoms with E-state index in [1.54, 1.807) is 23.0 Å². The van der Waals surface area contributed by atoms with Crippen molar-refractivity contribution in [3.05, 3.63) is 83.6 Å². The van der Waals surface area contributed by atoms with Crippen molar-refractivity contribution in [2.75, 3.05) is 26.7 Å². The quantitative estimate of drug-likeness (QED) is 0.530. The first-order valence-electron chi connectivity index (χ1n) is 12.7. The van der Waals surface area contributed by atoms with E-state index in [9.17, 15) is 14.7 Å². The Kier molecular flexibility index (Phi) is 8.24. The summed E-state index contributed by atoms with van der Waals surface area (Å²) < 4.78 is 6.35. The van der Waals surface area contributed by atoms with Gasteiger partial charge in [-0.3, -0.25) is 9.59 Å². The topological polar surface area (TPSA) is 83.0 Å². The van der Waals surface area contributed by atoms with Crippen molar-refractivity contribution >= 4 is 11.8 Å². The van der Waals surface area contributed by atoms with Gasteiger partial charge < -0.3 is 19.6 Å². The lowest BCUT2D eigenvalue weighted by Gasteiger charge is -2.37. The summed E-state index contributed by atoms with van der Waals surface area (Å²) in [4.78, 5) is 34.5. The Balaban J connectivity index is 1.63. The second kappa shape index (κ2) is 11.6. The van der Waals surface area contributed by atoms with E-state index < -0.39 is 0 Å². The number of carbonyl (C=O) groups excluding carboxylic acids is 2. The number of hydrogen-bond acceptors (Lipinski definition) is 5. The molecule has 2 amide bonds. The van der Waals surface area contributed by atoms with Gasteiger partial charge in [-0.2, -0.15) is 0 Å². The Morgan fingerprint density at radius 1 is 1.16 bits per heavy atom. The standard InChI is InChI=1S/C30H35N3O4/c1-20-10-12-24(13-11-20)25-15-26-29(31-16-25)37-27(21(2)17-33(30(26)36)22(3)19-34)18-32(4)28(35)14-23-8-6-5-7-9-23/h5-13,15-16,21-22,27,34H,14,17-19H2,1-4H3/t21-,22-,27-/m0/s1. The molecule has 0 saturated heterocycles. The highest BCUT2D eigenvalue weighted by atomic mass is 16.5. The molecule has 0 spiro atoms. The highest BCUT2D eigenvalue weighted by Gasteiger charge is 2.34. The van der Waals surface area contributed by atoms with E-state index in [-0.39, 0.29) is 42.4 Å². The fourth-order valence-corrected chi connectivity index (χ4v) is 4.50. The molecule has 4 rings (SSSR count). The molecule has 2 heterocycles. The number of likely N-dealkylation sites (N-methyl/N-ethyl adjacent to an activating group) is 1. The third kappa shape index (κ3) is 6.17. The second-order valence-electron chi connectivity index (χ2n) is 10.0. The molecule has 0 radical (unpaired) electrons. The first kappa shape index (κ1) is 26.4. The van der Waals surface area contributed by atoms with Gasteiger partial charge in [-0.05, 0) is 31.0 Å². The fraction of sp³-hybridized carbons (Fsp3) is 0.367. The number of nitrogens with zero attached hydrogens (tertiary/aromatic N) is 3. The Morgan fingerprint density at radius 3 is 2.54 bits per heavy atom. The first-order valence-corrected chi connectivity index (χ1v) is 12.7. The van der Waals surface area contributed by atoms with Gasteiger partial charge in [-0.1, -0.05) is 67.1 Å². The van der Waals surface area contributed by atoms with Gasteiger partial charge in [0.15, 0.2) is 0 Å². The number of pyridine rings is 1.